The third-order valence-electron chi connectivity index (χ3n) is 2.09. The molecule has 0 atom stereocenters. The molecule has 2 nitrogen and oxygen atoms in total. The Morgan fingerprint density at radius 3 is 1.35 bits per heavy atom. The first-order valence-corrected chi connectivity index (χ1v) is 8.71. The lowest BCUT2D eigenvalue weighted by Crippen LogP contribution is -2.02. The van der Waals surface area contributed by atoms with Crippen LogP contribution in [0.2, 0.25) is 0 Å². The summed E-state index contributed by atoms with van der Waals surface area (Å²) in [4.78, 5) is 0. The smallest absolute Gasteiger partial charge is 0.212 e. The van der Waals surface area contributed by atoms with Crippen LogP contribution in [-0.2, 0) is 0 Å². The van der Waals surface area contributed by atoms with Crippen molar-refractivity contribution in [2.24, 2.45) is 0 Å². The van der Waals surface area contributed by atoms with Crippen LogP contribution < -0.4 is 10.2 Å². The average molecular weight is 286 g/mol. The van der Waals surface area contributed by atoms with Gasteiger partial charge < -0.3 is 0 Å². The van der Waals surface area contributed by atoms with Crippen molar-refractivity contribution in [2.75, 3.05) is 10.2 Å². The highest BCUT2D eigenvalue weighted by atomic mass is 35.9. The van der Waals surface area contributed by atoms with Crippen LogP contribution in [0, 0.1) is 0 Å². The summed E-state index contributed by atoms with van der Waals surface area (Å²) in [5.41, 5.74) is 1.79. The largest absolute Gasteiger partial charge is 0.395 e. The summed E-state index contributed by atoms with van der Waals surface area (Å²) < 4.78 is 0. The van der Waals surface area contributed by atoms with E-state index >= 15 is 0 Å². The molecule has 0 aromatic heterocycles. The second-order valence-electron chi connectivity index (χ2n) is 3.47. The minimum absolute atomic E-state index is 0.897. The number of rotatable bonds is 4. The van der Waals surface area contributed by atoms with E-state index in [4.69, 9.17) is 22.5 Å². The fourth-order valence-corrected chi connectivity index (χ4v) is 3.55. The zero-order chi connectivity index (χ0) is 12.1. The normalized spacial score (nSPS) is 10.9. The molecule has 0 saturated carbocycles. The molecule has 0 saturated heterocycles. The topological polar surface area (TPSA) is 24.1 Å². The highest BCUT2D eigenvalue weighted by Crippen LogP contribution is 2.67. The van der Waals surface area contributed by atoms with E-state index in [9.17, 15) is 0 Å². The van der Waals surface area contributed by atoms with Gasteiger partial charge in [-0.15, -0.1) is 0 Å². The van der Waals surface area contributed by atoms with Crippen molar-refractivity contribution in [1.82, 2.24) is 0 Å². The van der Waals surface area contributed by atoms with Crippen LogP contribution in [0.15, 0.2) is 60.7 Å². The van der Waals surface area contributed by atoms with Crippen LogP contribution in [0.1, 0.15) is 0 Å². The SMILES string of the molecule is Cl[P+](Cl)(Nc1ccccc1)Nc1ccccc1. The first-order chi connectivity index (χ1) is 8.16. The quantitative estimate of drug-likeness (QED) is 0.739. The van der Waals surface area contributed by atoms with Gasteiger partial charge in [0.2, 0.25) is 0 Å². The molecule has 0 bridgehead atoms. The van der Waals surface area contributed by atoms with Gasteiger partial charge in [0.1, 0.15) is 0 Å². The van der Waals surface area contributed by atoms with Gasteiger partial charge in [-0.1, -0.05) is 36.4 Å². The van der Waals surface area contributed by atoms with Crippen LogP contribution in [-0.4, -0.2) is 0 Å². The summed E-state index contributed by atoms with van der Waals surface area (Å²) in [5, 5.41) is 6.20. The average Bonchev–Trinajstić information content (AvgIpc) is 2.30. The molecular weight excluding hydrogens is 274 g/mol. The number of anilines is 2. The fourth-order valence-electron chi connectivity index (χ4n) is 1.38. The Morgan fingerprint density at radius 2 is 1.00 bits per heavy atom. The van der Waals surface area contributed by atoms with E-state index in [1.807, 2.05) is 60.7 Å². The van der Waals surface area contributed by atoms with E-state index in [1.165, 1.54) is 0 Å². The van der Waals surface area contributed by atoms with Gasteiger partial charge >= 0.3 is 6.27 Å². The minimum Gasteiger partial charge on any atom is -0.212 e. The lowest BCUT2D eigenvalue weighted by Gasteiger charge is -2.13. The Hall–Kier alpha value is -0.950. The lowest BCUT2D eigenvalue weighted by molar-refractivity contribution is 1.65. The molecule has 17 heavy (non-hydrogen) atoms. The van der Waals surface area contributed by atoms with E-state index < -0.39 is 6.27 Å². The summed E-state index contributed by atoms with van der Waals surface area (Å²) in [6.45, 7) is 0. The molecule has 0 radical (unpaired) electrons. The van der Waals surface area contributed by atoms with Gasteiger partial charge in [0.15, 0.2) is 22.5 Å². The molecule has 0 spiro atoms. The molecular formula is C12H12Cl2N2P+. The molecule has 0 fully saturated rings. The maximum atomic E-state index is 6.26. The molecule has 0 amide bonds. The Morgan fingerprint density at radius 1 is 0.647 bits per heavy atom. The van der Waals surface area contributed by atoms with Gasteiger partial charge in [-0.25, -0.2) is 10.2 Å². The number of nitrogens with one attached hydrogen (secondary N) is 2. The van der Waals surface area contributed by atoms with Crippen molar-refractivity contribution in [3.05, 3.63) is 60.7 Å². The summed E-state index contributed by atoms with van der Waals surface area (Å²) in [5.74, 6) is 0. The number of halogens is 2. The van der Waals surface area contributed by atoms with Crippen LogP contribution in [0.5, 0.6) is 0 Å². The molecule has 0 aliphatic heterocycles. The van der Waals surface area contributed by atoms with E-state index in [0.29, 0.717) is 0 Å². The second-order valence-corrected chi connectivity index (χ2v) is 8.51. The maximum Gasteiger partial charge on any atom is 0.395 e. The molecule has 2 aromatic rings. The molecule has 88 valence electrons. The Labute approximate surface area is 111 Å². The molecule has 0 unspecified atom stereocenters. The highest BCUT2D eigenvalue weighted by Gasteiger charge is 2.35. The molecule has 0 aliphatic rings. The molecule has 2 rings (SSSR count). The molecule has 0 heterocycles. The number of hydrogen-bond acceptors (Lipinski definition) is 2. The second kappa shape index (κ2) is 5.59. The summed E-state index contributed by atoms with van der Waals surface area (Å²) in [7, 11) is 0. The van der Waals surface area contributed by atoms with Gasteiger partial charge in [-0.05, 0) is 24.3 Å². The Bertz CT molecular complexity index is 419. The third-order valence-corrected chi connectivity index (χ3v) is 4.18. The zero-order valence-electron chi connectivity index (χ0n) is 8.98. The van der Waals surface area contributed by atoms with Gasteiger partial charge in [-0.2, -0.15) is 0 Å². The van der Waals surface area contributed by atoms with Crippen LogP contribution in [0.25, 0.3) is 0 Å². The van der Waals surface area contributed by atoms with Crippen molar-refractivity contribution >= 4 is 40.1 Å². The predicted octanol–water partition coefficient (Wildman–Crippen LogP) is 5.37. The maximum absolute atomic E-state index is 6.26. The van der Waals surface area contributed by atoms with Gasteiger partial charge in [0.25, 0.3) is 0 Å². The van der Waals surface area contributed by atoms with E-state index in [2.05, 4.69) is 10.2 Å². The van der Waals surface area contributed by atoms with Crippen molar-refractivity contribution in [2.45, 2.75) is 0 Å². The first kappa shape index (κ1) is 12.5. The Balaban J connectivity index is 2.04. The van der Waals surface area contributed by atoms with E-state index in [-0.39, 0.29) is 0 Å². The molecule has 5 heteroatoms. The lowest BCUT2D eigenvalue weighted by atomic mass is 10.3. The summed E-state index contributed by atoms with van der Waals surface area (Å²) in [6, 6.07) is 19.3. The van der Waals surface area contributed by atoms with Gasteiger partial charge in [0.05, 0.1) is 11.4 Å². The predicted molar refractivity (Wildman–Crippen MR) is 78.8 cm³/mol. The molecule has 0 aliphatic carbocycles. The fraction of sp³-hybridized carbons (Fsp3) is 0. The number of benzene rings is 2. The molecule has 2 aromatic carbocycles. The van der Waals surface area contributed by atoms with Crippen LogP contribution in [0.3, 0.4) is 0 Å². The summed E-state index contributed by atoms with van der Waals surface area (Å²) in [6.07, 6.45) is -2.44. The van der Waals surface area contributed by atoms with Crippen molar-refractivity contribution < 1.29 is 0 Å². The summed E-state index contributed by atoms with van der Waals surface area (Å²) >= 11 is 12.5. The van der Waals surface area contributed by atoms with Crippen molar-refractivity contribution in [1.29, 1.82) is 0 Å². The van der Waals surface area contributed by atoms with Crippen molar-refractivity contribution in [3.63, 3.8) is 0 Å². The van der Waals surface area contributed by atoms with Crippen molar-refractivity contribution in [3.8, 4) is 0 Å². The van der Waals surface area contributed by atoms with E-state index in [1.54, 1.807) is 0 Å². The first-order valence-electron chi connectivity index (χ1n) is 5.11. The zero-order valence-corrected chi connectivity index (χ0v) is 11.4. The monoisotopic (exact) mass is 285 g/mol. The third kappa shape index (κ3) is 4.08. The van der Waals surface area contributed by atoms with Crippen LogP contribution in [0.4, 0.5) is 11.4 Å². The number of hydrogen-bond donors (Lipinski definition) is 2. The van der Waals surface area contributed by atoms with E-state index in [0.717, 1.165) is 11.4 Å². The standard InChI is InChI=1S/C12H12Cl2N2P/c13-17(14,15-11-7-3-1-4-8-11)16-12-9-5-2-6-10-12/h1-10,15-16H/q+1. The molecule has 2 N–H and O–H groups in total. The van der Waals surface area contributed by atoms with Crippen LogP contribution >= 0.6 is 28.8 Å². The van der Waals surface area contributed by atoms with Gasteiger partial charge in [-0.3, -0.25) is 0 Å². The Kier molecular flexibility index (Phi) is 4.11. The highest BCUT2D eigenvalue weighted by molar-refractivity contribution is 8.19. The number of para-hydroxylation sites is 2. The van der Waals surface area contributed by atoms with Gasteiger partial charge in [0, 0.05) is 0 Å². The minimum atomic E-state index is -2.44.